The predicted molar refractivity (Wildman–Crippen MR) is 288 cm³/mol. The maximum absolute atomic E-state index is 12.8. The Morgan fingerprint density at radius 3 is 0.925 bits per heavy atom. The van der Waals surface area contributed by atoms with Gasteiger partial charge in [0.2, 0.25) is 0 Å². The number of carbonyl (C=O) groups excluding carboxylic acids is 3. The first-order chi connectivity index (χ1) is 33.0. The molecule has 0 saturated heterocycles. The Kier molecular flexibility index (Phi) is 51.0. The standard InChI is InChI=1S/C61H98O6/c1-4-7-10-13-16-19-22-25-27-29-31-33-36-39-42-45-48-51-54-60(63)66-57-58(56-65-59(62)53-50-47-44-41-38-35-24-21-18-15-12-9-6-3)67-61(64)55-52-49-46-43-40-37-34-32-30-28-26-23-20-17-14-11-8-5-2/h9,12,15,18,21-35,38,58H,4-8,10-11,13-14,16-17,19-20,36-37,39-57H2,1-3H3/b12-9+,18-15+,24-21+,25-22+,26-23+,29-27+,30-28+,33-31+,34-32+,38-35+. The highest BCUT2D eigenvalue weighted by atomic mass is 16.6. The van der Waals surface area contributed by atoms with Crippen molar-refractivity contribution < 1.29 is 28.6 Å². The Labute approximate surface area is 412 Å². The molecule has 1 unspecified atom stereocenters. The van der Waals surface area contributed by atoms with Gasteiger partial charge >= 0.3 is 17.9 Å². The summed E-state index contributed by atoms with van der Waals surface area (Å²) in [4.78, 5) is 38.1. The van der Waals surface area contributed by atoms with Gasteiger partial charge in [0.25, 0.3) is 0 Å². The molecule has 6 heteroatoms. The van der Waals surface area contributed by atoms with Gasteiger partial charge in [-0.15, -0.1) is 0 Å². The van der Waals surface area contributed by atoms with Crippen molar-refractivity contribution >= 4 is 17.9 Å². The molecule has 6 nitrogen and oxygen atoms in total. The molecule has 0 radical (unpaired) electrons. The summed E-state index contributed by atoms with van der Waals surface area (Å²) in [5.74, 6) is -0.997. The minimum absolute atomic E-state index is 0.113. The second-order valence-corrected chi connectivity index (χ2v) is 17.6. The van der Waals surface area contributed by atoms with Crippen LogP contribution in [0.5, 0.6) is 0 Å². The first kappa shape index (κ1) is 62.8. The van der Waals surface area contributed by atoms with E-state index < -0.39 is 6.10 Å². The zero-order valence-electron chi connectivity index (χ0n) is 43.1. The lowest BCUT2D eigenvalue weighted by atomic mass is 10.1. The zero-order chi connectivity index (χ0) is 48.6. The van der Waals surface area contributed by atoms with Gasteiger partial charge in [0.15, 0.2) is 6.10 Å². The van der Waals surface area contributed by atoms with Crippen LogP contribution in [0, 0.1) is 0 Å². The highest BCUT2D eigenvalue weighted by Crippen LogP contribution is 2.13. The Balaban J connectivity index is 4.54. The van der Waals surface area contributed by atoms with E-state index in [4.69, 9.17) is 14.2 Å². The van der Waals surface area contributed by atoms with E-state index in [1.165, 1.54) is 64.2 Å². The lowest BCUT2D eigenvalue weighted by Crippen LogP contribution is -2.30. The normalized spacial score (nSPS) is 13.1. The molecular formula is C61H98O6. The highest BCUT2D eigenvalue weighted by Gasteiger charge is 2.19. The minimum Gasteiger partial charge on any atom is -0.462 e. The lowest BCUT2D eigenvalue weighted by molar-refractivity contribution is -0.167. The van der Waals surface area contributed by atoms with Gasteiger partial charge in [-0.05, 0) is 89.9 Å². The van der Waals surface area contributed by atoms with Gasteiger partial charge in [0.05, 0.1) is 0 Å². The van der Waals surface area contributed by atoms with Crippen molar-refractivity contribution in [2.75, 3.05) is 13.2 Å². The number of carbonyl (C=O) groups is 3. The molecule has 0 fully saturated rings. The second kappa shape index (κ2) is 54.4. The van der Waals surface area contributed by atoms with Gasteiger partial charge in [0.1, 0.15) is 13.2 Å². The third-order valence-corrected chi connectivity index (χ3v) is 11.1. The van der Waals surface area contributed by atoms with Gasteiger partial charge in [-0.1, -0.05) is 239 Å². The van der Waals surface area contributed by atoms with Crippen LogP contribution >= 0.6 is 0 Å². The summed E-state index contributed by atoms with van der Waals surface area (Å²) in [6.45, 7) is 6.38. The van der Waals surface area contributed by atoms with Crippen molar-refractivity contribution in [2.45, 2.75) is 232 Å². The van der Waals surface area contributed by atoms with E-state index in [-0.39, 0.29) is 37.5 Å². The average Bonchev–Trinajstić information content (AvgIpc) is 3.33. The molecule has 0 aliphatic carbocycles. The number of allylic oxidation sites excluding steroid dienone is 20. The van der Waals surface area contributed by atoms with Crippen LogP contribution in [-0.4, -0.2) is 37.2 Å². The van der Waals surface area contributed by atoms with Crippen molar-refractivity contribution in [1.29, 1.82) is 0 Å². The zero-order valence-corrected chi connectivity index (χ0v) is 43.1. The van der Waals surface area contributed by atoms with Crippen LogP contribution in [0.1, 0.15) is 226 Å². The molecule has 0 heterocycles. The fourth-order valence-electron chi connectivity index (χ4n) is 7.04. The van der Waals surface area contributed by atoms with Crippen LogP contribution < -0.4 is 0 Å². The number of hydrogen-bond acceptors (Lipinski definition) is 6. The Bertz CT molecular complexity index is 1440. The molecule has 0 bridgehead atoms. The molecular weight excluding hydrogens is 829 g/mol. The maximum Gasteiger partial charge on any atom is 0.306 e. The van der Waals surface area contributed by atoms with Crippen LogP contribution in [-0.2, 0) is 28.6 Å². The minimum atomic E-state index is -0.817. The molecule has 0 rings (SSSR count). The SMILES string of the molecule is CC/C=C/C=C/C=C/C=C/CCCCCC(=O)OCC(COC(=O)CCCCCCC/C=C/C=C/C=C/CCCCCCC)OC(=O)CCCCCCC/C=C/C=C/C=C/CCCCCCC. The molecule has 0 saturated carbocycles. The van der Waals surface area contributed by atoms with E-state index in [0.717, 1.165) is 122 Å². The Morgan fingerprint density at radius 2 is 0.582 bits per heavy atom. The van der Waals surface area contributed by atoms with Crippen LogP contribution in [0.3, 0.4) is 0 Å². The highest BCUT2D eigenvalue weighted by molar-refractivity contribution is 5.71. The molecule has 0 aromatic heterocycles. The summed E-state index contributed by atoms with van der Waals surface area (Å²) in [6, 6.07) is 0. The van der Waals surface area contributed by atoms with Crippen LogP contribution in [0.25, 0.3) is 0 Å². The molecule has 0 spiro atoms. The quantitative estimate of drug-likeness (QED) is 0.0262. The van der Waals surface area contributed by atoms with Crippen LogP contribution in [0.15, 0.2) is 122 Å². The summed E-state index contributed by atoms with van der Waals surface area (Å²) < 4.78 is 16.8. The first-order valence-electron chi connectivity index (χ1n) is 27.2. The molecule has 0 amide bonds. The van der Waals surface area contributed by atoms with Gasteiger partial charge in [0, 0.05) is 19.3 Å². The summed E-state index contributed by atoms with van der Waals surface area (Å²) in [5.41, 5.74) is 0. The molecule has 0 aromatic carbocycles. The monoisotopic (exact) mass is 927 g/mol. The third kappa shape index (κ3) is 52.6. The van der Waals surface area contributed by atoms with E-state index >= 15 is 0 Å². The van der Waals surface area contributed by atoms with Crippen molar-refractivity contribution in [1.82, 2.24) is 0 Å². The van der Waals surface area contributed by atoms with Crippen molar-refractivity contribution in [3.05, 3.63) is 122 Å². The van der Waals surface area contributed by atoms with Crippen molar-refractivity contribution in [3.63, 3.8) is 0 Å². The maximum atomic E-state index is 12.8. The van der Waals surface area contributed by atoms with Crippen molar-refractivity contribution in [2.24, 2.45) is 0 Å². The predicted octanol–water partition coefficient (Wildman–Crippen LogP) is 18.1. The van der Waals surface area contributed by atoms with Gasteiger partial charge < -0.3 is 14.2 Å². The molecule has 0 aromatic rings. The van der Waals surface area contributed by atoms with Gasteiger partial charge in [-0.25, -0.2) is 0 Å². The number of hydrogen-bond donors (Lipinski definition) is 0. The number of esters is 3. The molecule has 0 aliphatic heterocycles. The molecule has 1 atom stereocenters. The Hall–Kier alpha value is -4.19. The topological polar surface area (TPSA) is 78.9 Å². The van der Waals surface area contributed by atoms with Crippen molar-refractivity contribution in [3.8, 4) is 0 Å². The number of ether oxygens (including phenoxy) is 3. The van der Waals surface area contributed by atoms with Crippen LogP contribution in [0.2, 0.25) is 0 Å². The summed E-state index contributed by atoms with van der Waals surface area (Å²) in [7, 11) is 0. The largest absolute Gasteiger partial charge is 0.462 e. The molecule has 378 valence electrons. The van der Waals surface area contributed by atoms with E-state index in [2.05, 4.69) is 106 Å². The summed E-state index contributed by atoms with van der Waals surface area (Å²) in [6.07, 6.45) is 74.6. The smallest absolute Gasteiger partial charge is 0.306 e. The fraction of sp³-hybridized carbons (Fsp3) is 0.623. The lowest BCUT2D eigenvalue weighted by Gasteiger charge is -2.18. The van der Waals surface area contributed by atoms with E-state index in [9.17, 15) is 14.4 Å². The van der Waals surface area contributed by atoms with Gasteiger partial charge in [-0.2, -0.15) is 0 Å². The molecule has 0 aliphatic rings. The Morgan fingerprint density at radius 1 is 0.313 bits per heavy atom. The van der Waals surface area contributed by atoms with Gasteiger partial charge in [-0.3, -0.25) is 14.4 Å². The first-order valence-corrected chi connectivity index (χ1v) is 27.2. The molecule has 0 N–H and O–H groups in total. The average molecular weight is 927 g/mol. The molecule has 67 heavy (non-hydrogen) atoms. The van der Waals surface area contributed by atoms with E-state index in [1.54, 1.807) is 0 Å². The number of unbranched alkanes of at least 4 members (excludes halogenated alkanes) is 23. The second-order valence-electron chi connectivity index (χ2n) is 17.6. The van der Waals surface area contributed by atoms with E-state index in [1.807, 2.05) is 36.5 Å². The van der Waals surface area contributed by atoms with Crippen LogP contribution in [0.4, 0.5) is 0 Å². The fourth-order valence-corrected chi connectivity index (χ4v) is 7.04. The number of rotatable bonds is 47. The van der Waals surface area contributed by atoms with E-state index in [0.29, 0.717) is 12.8 Å². The summed E-state index contributed by atoms with van der Waals surface area (Å²) in [5, 5.41) is 0. The summed E-state index contributed by atoms with van der Waals surface area (Å²) >= 11 is 0. The third-order valence-electron chi connectivity index (χ3n) is 11.1.